The Hall–Kier alpha value is -2.91. The van der Waals surface area contributed by atoms with Crippen molar-refractivity contribution < 1.29 is 19.5 Å². The first-order valence-corrected chi connectivity index (χ1v) is 15.0. The summed E-state index contributed by atoms with van der Waals surface area (Å²) in [6.45, 7) is 18.2. The first-order chi connectivity index (χ1) is 19.3. The number of carboxylic acid groups (broad SMARTS) is 1. The Morgan fingerprint density at radius 3 is 2.07 bits per heavy atom. The first kappa shape index (κ1) is 35.3. The van der Waals surface area contributed by atoms with E-state index in [1.807, 2.05) is 69.5 Å². The Morgan fingerprint density at radius 1 is 1.00 bits per heavy atom. The number of aliphatic carboxylic acids is 1. The highest BCUT2D eigenvalue weighted by Crippen LogP contribution is 2.36. The highest BCUT2D eigenvalue weighted by Gasteiger charge is 2.43. The zero-order chi connectivity index (χ0) is 32.3. The van der Waals surface area contributed by atoms with Gasteiger partial charge in [0, 0.05) is 49.2 Å². The van der Waals surface area contributed by atoms with Crippen molar-refractivity contribution >= 4 is 28.7 Å². The number of carbonyl (C=O) groups is 3. The normalized spacial score (nSPS) is 16.1. The Bertz CT molecular complexity index is 1260. The standard InChI is InChI=1S/C33H55N5O4/c1-19(2)26(20(3)21(4)31(41)42)38(13)30(40)28(32(5,6)7)36-29(39)27(35-11)33(8,9)24-18-37(12)25-16-22(17-34-10)14-15-23(24)25/h14-16,18-21,26-28,34-35H,17H2,1-13H3,(H,36,39)(H,41,42)/t20?,21?,26-,27?,28+/m0/s1. The van der Waals surface area contributed by atoms with Crippen molar-refractivity contribution in [2.24, 2.45) is 30.2 Å². The van der Waals surface area contributed by atoms with E-state index in [-0.39, 0.29) is 29.7 Å². The van der Waals surface area contributed by atoms with E-state index in [0.717, 1.165) is 23.0 Å². The molecule has 0 spiro atoms. The van der Waals surface area contributed by atoms with Crippen LogP contribution in [-0.2, 0) is 33.4 Å². The average Bonchev–Trinajstić information content (AvgIpc) is 3.22. The zero-order valence-electron chi connectivity index (χ0n) is 28.0. The van der Waals surface area contributed by atoms with Crippen molar-refractivity contribution in [1.82, 2.24) is 25.4 Å². The predicted octanol–water partition coefficient (Wildman–Crippen LogP) is 4.13. The molecule has 3 unspecified atom stereocenters. The summed E-state index contributed by atoms with van der Waals surface area (Å²) in [5.41, 5.74) is 2.11. The van der Waals surface area contributed by atoms with Crippen LogP contribution in [0.2, 0.25) is 0 Å². The lowest BCUT2D eigenvalue weighted by atomic mass is 9.76. The van der Waals surface area contributed by atoms with Crippen LogP contribution in [0.25, 0.3) is 10.9 Å². The number of hydrogen-bond donors (Lipinski definition) is 4. The minimum atomic E-state index is -0.888. The molecular weight excluding hydrogens is 530 g/mol. The van der Waals surface area contributed by atoms with Gasteiger partial charge >= 0.3 is 5.97 Å². The number of aromatic nitrogens is 1. The summed E-state index contributed by atoms with van der Waals surface area (Å²) in [6, 6.07) is 4.63. The van der Waals surface area contributed by atoms with Gasteiger partial charge in [0.1, 0.15) is 6.04 Å². The number of nitrogens with one attached hydrogen (secondary N) is 3. The molecule has 1 aromatic heterocycles. The van der Waals surface area contributed by atoms with Crippen LogP contribution in [0.15, 0.2) is 24.4 Å². The summed E-state index contributed by atoms with van der Waals surface area (Å²) < 4.78 is 2.10. The second kappa shape index (κ2) is 13.6. The molecule has 1 aromatic carbocycles. The number of nitrogens with zero attached hydrogens (tertiary/aromatic N) is 2. The molecule has 0 aliphatic heterocycles. The Morgan fingerprint density at radius 2 is 1.60 bits per heavy atom. The van der Waals surface area contributed by atoms with Crippen molar-refractivity contribution in [3.8, 4) is 0 Å². The van der Waals surface area contributed by atoms with Crippen LogP contribution in [0.4, 0.5) is 0 Å². The van der Waals surface area contributed by atoms with Gasteiger partial charge in [-0.05, 0) is 48.5 Å². The predicted molar refractivity (Wildman–Crippen MR) is 170 cm³/mol. The third-order valence-corrected chi connectivity index (χ3v) is 9.00. The van der Waals surface area contributed by atoms with Gasteiger partial charge in [0.2, 0.25) is 11.8 Å². The Labute approximate surface area is 252 Å². The summed E-state index contributed by atoms with van der Waals surface area (Å²) in [6.07, 6.45) is 2.09. The molecule has 0 fully saturated rings. The van der Waals surface area contributed by atoms with Gasteiger partial charge in [0.05, 0.1) is 12.0 Å². The van der Waals surface area contributed by atoms with Crippen LogP contribution < -0.4 is 16.0 Å². The number of rotatable bonds is 13. The van der Waals surface area contributed by atoms with E-state index in [9.17, 15) is 19.5 Å². The van der Waals surface area contributed by atoms with E-state index in [4.69, 9.17) is 0 Å². The number of likely N-dealkylation sites (N-methyl/N-ethyl adjacent to an activating group) is 2. The molecule has 1 heterocycles. The minimum Gasteiger partial charge on any atom is -0.481 e. The number of fused-ring (bicyclic) bond motifs is 1. The van der Waals surface area contributed by atoms with E-state index in [1.54, 1.807) is 25.9 Å². The summed E-state index contributed by atoms with van der Waals surface area (Å²) in [4.78, 5) is 41.6. The molecule has 9 nitrogen and oxygen atoms in total. The van der Waals surface area contributed by atoms with Crippen LogP contribution in [0.5, 0.6) is 0 Å². The maximum Gasteiger partial charge on any atom is 0.306 e. The fraction of sp³-hybridized carbons (Fsp3) is 0.667. The van der Waals surface area contributed by atoms with Gasteiger partial charge < -0.3 is 30.5 Å². The third kappa shape index (κ3) is 7.35. The molecular formula is C33H55N5O4. The number of benzene rings is 1. The monoisotopic (exact) mass is 585 g/mol. The van der Waals surface area contributed by atoms with Gasteiger partial charge in [-0.25, -0.2) is 0 Å². The molecule has 0 saturated carbocycles. The number of amides is 2. The fourth-order valence-corrected chi connectivity index (χ4v) is 6.38. The molecule has 0 radical (unpaired) electrons. The third-order valence-electron chi connectivity index (χ3n) is 9.00. The lowest BCUT2D eigenvalue weighted by Crippen LogP contribution is -2.62. The van der Waals surface area contributed by atoms with E-state index in [2.05, 4.69) is 44.9 Å². The first-order valence-electron chi connectivity index (χ1n) is 15.0. The van der Waals surface area contributed by atoms with Crippen LogP contribution >= 0.6 is 0 Å². The molecule has 2 rings (SSSR count). The highest BCUT2D eigenvalue weighted by molar-refractivity contribution is 5.93. The molecule has 236 valence electrons. The van der Waals surface area contributed by atoms with Gasteiger partial charge in [-0.3, -0.25) is 14.4 Å². The van der Waals surface area contributed by atoms with Crippen LogP contribution in [-0.4, -0.2) is 71.6 Å². The van der Waals surface area contributed by atoms with Crippen LogP contribution in [0.1, 0.15) is 73.4 Å². The number of carboxylic acids is 1. The highest BCUT2D eigenvalue weighted by atomic mass is 16.4. The lowest BCUT2D eigenvalue weighted by molar-refractivity contribution is -0.148. The smallest absolute Gasteiger partial charge is 0.306 e. The zero-order valence-corrected chi connectivity index (χ0v) is 28.0. The second-order valence-electron chi connectivity index (χ2n) is 14.0. The van der Waals surface area contributed by atoms with Crippen LogP contribution in [0.3, 0.4) is 0 Å². The van der Waals surface area contributed by atoms with Crippen molar-refractivity contribution in [2.75, 3.05) is 21.1 Å². The van der Waals surface area contributed by atoms with Gasteiger partial charge in [-0.15, -0.1) is 0 Å². The number of hydrogen-bond acceptors (Lipinski definition) is 5. The average molecular weight is 586 g/mol. The molecule has 9 heteroatoms. The van der Waals surface area contributed by atoms with Gasteiger partial charge in [0.15, 0.2) is 0 Å². The summed E-state index contributed by atoms with van der Waals surface area (Å²) in [7, 11) is 7.43. The van der Waals surface area contributed by atoms with Crippen molar-refractivity contribution in [2.45, 2.75) is 92.4 Å². The Balaban J connectivity index is 2.45. The van der Waals surface area contributed by atoms with E-state index >= 15 is 0 Å². The molecule has 0 aliphatic rings. The molecule has 2 aromatic rings. The topological polar surface area (TPSA) is 116 Å². The fourth-order valence-electron chi connectivity index (χ4n) is 6.38. The minimum absolute atomic E-state index is 0.0241. The second-order valence-corrected chi connectivity index (χ2v) is 14.0. The number of aryl methyl sites for hydroxylation is 1. The SMILES string of the molecule is CNCc1ccc2c(C(C)(C)C(NC)C(=O)N[C@H](C(=O)N(C)[C@@H](C(C)C)C(C)C(C)C(=O)O)C(C)(C)C)cn(C)c2c1. The largest absolute Gasteiger partial charge is 0.481 e. The summed E-state index contributed by atoms with van der Waals surface area (Å²) in [5.74, 6) is -2.26. The van der Waals surface area contributed by atoms with Crippen LogP contribution in [0, 0.1) is 23.2 Å². The maximum absolute atomic E-state index is 14.1. The molecule has 42 heavy (non-hydrogen) atoms. The molecule has 2 amide bonds. The van der Waals surface area contributed by atoms with Crippen molar-refractivity contribution in [3.63, 3.8) is 0 Å². The molecule has 0 bridgehead atoms. The van der Waals surface area contributed by atoms with Gasteiger partial charge in [0.25, 0.3) is 0 Å². The quantitative estimate of drug-likeness (QED) is 0.281. The summed E-state index contributed by atoms with van der Waals surface area (Å²) >= 11 is 0. The van der Waals surface area contributed by atoms with E-state index in [1.165, 1.54) is 5.56 Å². The van der Waals surface area contributed by atoms with Gasteiger partial charge in [-0.1, -0.05) is 74.4 Å². The van der Waals surface area contributed by atoms with E-state index in [0.29, 0.717) is 0 Å². The molecule has 0 aliphatic carbocycles. The molecule has 5 atom stereocenters. The van der Waals surface area contributed by atoms with E-state index < -0.39 is 34.8 Å². The van der Waals surface area contributed by atoms with Crippen molar-refractivity contribution in [1.29, 1.82) is 0 Å². The Kier molecular flexibility index (Phi) is 11.4. The van der Waals surface area contributed by atoms with Crippen molar-refractivity contribution in [3.05, 3.63) is 35.5 Å². The van der Waals surface area contributed by atoms with Gasteiger partial charge in [-0.2, -0.15) is 0 Å². The summed E-state index contributed by atoms with van der Waals surface area (Å²) in [5, 5.41) is 20.3. The molecule has 0 saturated heterocycles. The maximum atomic E-state index is 14.1. The molecule has 4 N–H and O–H groups in total. The number of carbonyl (C=O) groups excluding carboxylic acids is 2. The lowest BCUT2D eigenvalue weighted by Gasteiger charge is -2.42.